The van der Waals surface area contributed by atoms with Crippen molar-refractivity contribution in [1.82, 2.24) is 0 Å². The molecule has 0 saturated heterocycles. The van der Waals surface area contributed by atoms with Gasteiger partial charge in [0.1, 0.15) is 5.39 Å². The van der Waals surface area contributed by atoms with E-state index in [1.807, 2.05) is 18.2 Å². The van der Waals surface area contributed by atoms with Gasteiger partial charge in [-0.05, 0) is 6.07 Å². The first-order valence-electron chi connectivity index (χ1n) is 6.80. The van der Waals surface area contributed by atoms with E-state index >= 15 is 0 Å². The standard InChI is InChI=1S/C17H13N2O3/c20-17(13-6-2-1-3-7-13)12-18-11-10-16(19(21)22)14-8-4-5-9-15(14)18/h1-11H,12H2/q+1. The Labute approximate surface area is 126 Å². The van der Waals surface area contributed by atoms with Crippen LogP contribution in [0.5, 0.6) is 0 Å². The average Bonchev–Trinajstić information content (AvgIpc) is 2.55. The zero-order valence-electron chi connectivity index (χ0n) is 11.7. The van der Waals surface area contributed by atoms with E-state index in [0.29, 0.717) is 16.5 Å². The highest BCUT2D eigenvalue weighted by molar-refractivity contribution is 5.95. The third kappa shape index (κ3) is 2.56. The molecule has 3 aromatic rings. The van der Waals surface area contributed by atoms with Crippen molar-refractivity contribution >= 4 is 22.4 Å². The van der Waals surface area contributed by atoms with Crippen LogP contribution in [0.4, 0.5) is 5.69 Å². The molecule has 5 heteroatoms. The van der Waals surface area contributed by atoms with E-state index in [-0.39, 0.29) is 18.0 Å². The fraction of sp³-hybridized carbons (Fsp3) is 0.0588. The van der Waals surface area contributed by atoms with Crippen molar-refractivity contribution in [2.45, 2.75) is 6.54 Å². The summed E-state index contributed by atoms with van der Waals surface area (Å²) in [4.78, 5) is 23.0. The summed E-state index contributed by atoms with van der Waals surface area (Å²) in [7, 11) is 0. The van der Waals surface area contributed by atoms with Crippen LogP contribution in [0.2, 0.25) is 0 Å². The second-order valence-electron chi connectivity index (χ2n) is 4.89. The lowest BCUT2D eigenvalue weighted by atomic mass is 10.1. The zero-order chi connectivity index (χ0) is 15.5. The number of fused-ring (bicyclic) bond motifs is 1. The number of nitro groups is 1. The SMILES string of the molecule is O=C(C[n+]1ccc([N+](=O)[O-])c2ccccc21)c1ccccc1. The van der Waals surface area contributed by atoms with Crippen molar-refractivity contribution in [3.63, 3.8) is 0 Å². The summed E-state index contributed by atoms with van der Waals surface area (Å²) in [5.74, 6) is -0.0374. The maximum absolute atomic E-state index is 12.3. The van der Waals surface area contributed by atoms with Gasteiger partial charge in [0, 0.05) is 11.6 Å². The molecule has 0 aliphatic heterocycles. The van der Waals surface area contributed by atoms with Gasteiger partial charge in [-0.2, -0.15) is 4.57 Å². The largest absolute Gasteiger partial charge is 0.289 e. The monoisotopic (exact) mass is 293 g/mol. The summed E-state index contributed by atoms with van der Waals surface area (Å²) in [6.45, 7) is 0.141. The highest BCUT2D eigenvalue weighted by Crippen LogP contribution is 2.22. The Kier molecular flexibility index (Phi) is 3.62. The van der Waals surface area contributed by atoms with Gasteiger partial charge < -0.3 is 0 Å². The first-order valence-corrected chi connectivity index (χ1v) is 6.80. The first kappa shape index (κ1) is 13.9. The van der Waals surface area contributed by atoms with Crippen molar-refractivity contribution in [3.05, 3.63) is 82.5 Å². The Morgan fingerprint density at radius 3 is 2.41 bits per heavy atom. The van der Waals surface area contributed by atoms with Crippen LogP contribution < -0.4 is 4.57 Å². The van der Waals surface area contributed by atoms with Gasteiger partial charge in [-0.3, -0.25) is 14.9 Å². The summed E-state index contributed by atoms with van der Waals surface area (Å²) in [5.41, 5.74) is 1.33. The van der Waals surface area contributed by atoms with E-state index in [0.717, 1.165) is 0 Å². The van der Waals surface area contributed by atoms with Crippen LogP contribution in [0.25, 0.3) is 10.9 Å². The number of ketones is 1. The van der Waals surface area contributed by atoms with Crippen molar-refractivity contribution < 1.29 is 14.3 Å². The van der Waals surface area contributed by atoms with Crippen LogP contribution in [0.15, 0.2) is 66.9 Å². The minimum atomic E-state index is -0.411. The lowest BCUT2D eigenvalue weighted by Gasteiger charge is -2.02. The number of hydrogen-bond donors (Lipinski definition) is 0. The molecule has 0 bridgehead atoms. The van der Waals surface area contributed by atoms with E-state index in [9.17, 15) is 14.9 Å². The molecule has 0 N–H and O–H groups in total. The predicted molar refractivity (Wildman–Crippen MR) is 81.6 cm³/mol. The van der Waals surface area contributed by atoms with Crippen LogP contribution >= 0.6 is 0 Å². The minimum Gasteiger partial charge on any atom is -0.287 e. The molecular weight excluding hydrogens is 280 g/mol. The van der Waals surface area contributed by atoms with Gasteiger partial charge in [0.2, 0.25) is 17.8 Å². The van der Waals surface area contributed by atoms with Crippen molar-refractivity contribution in [3.8, 4) is 0 Å². The quantitative estimate of drug-likeness (QED) is 0.321. The smallest absolute Gasteiger partial charge is 0.287 e. The molecule has 2 aromatic carbocycles. The molecule has 0 radical (unpaired) electrons. The number of hydrogen-bond acceptors (Lipinski definition) is 3. The maximum Gasteiger partial charge on any atom is 0.289 e. The maximum atomic E-state index is 12.3. The summed E-state index contributed by atoms with van der Waals surface area (Å²) in [5, 5.41) is 11.6. The zero-order valence-corrected chi connectivity index (χ0v) is 11.7. The molecule has 5 nitrogen and oxygen atoms in total. The molecule has 0 aliphatic rings. The fourth-order valence-electron chi connectivity index (χ4n) is 2.44. The molecule has 0 amide bonds. The molecule has 1 heterocycles. The molecule has 3 rings (SSSR count). The van der Waals surface area contributed by atoms with Crippen LogP contribution in [0, 0.1) is 10.1 Å². The molecular formula is C17H13N2O3+. The first-order chi connectivity index (χ1) is 10.7. The van der Waals surface area contributed by atoms with E-state index in [1.165, 1.54) is 6.07 Å². The average molecular weight is 293 g/mol. The van der Waals surface area contributed by atoms with Crippen molar-refractivity contribution in [1.29, 1.82) is 0 Å². The topological polar surface area (TPSA) is 64.1 Å². The van der Waals surface area contributed by atoms with Gasteiger partial charge in [-0.15, -0.1) is 0 Å². The number of benzene rings is 2. The van der Waals surface area contributed by atoms with Crippen LogP contribution in [0.3, 0.4) is 0 Å². The summed E-state index contributed by atoms with van der Waals surface area (Å²) in [6, 6.07) is 17.4. The molecule has 0 saturated carbocycles. The Balaban J connectivity index is 2.04. The number of carbonyl (C=O) groups excluding carboxylic acids is 1. The predicted octanol–water partition coefficient (Wildman–Crippen LogP) is 2.92. The molecule has 0 unspecified atom stereocenters. The second-order valence-corrected chi connectivity index (χ2v) is 4.89. The Bertz CT molecular complexity index is 860. The number of para-hydroxylation sites is 1. The summed E-state index contributed by atoms with van der Waals surface area (Å²) < 4.78 is 1.73. The van der Waals surface area contributed by atoms with Gasteiger partial charge >= 0.3 is 0 Å². The summed E-state index contributed by atoms with van der Waals surface area (Å²) in [6.07, 6.45) is 1.58. The van der Waals surface area contributed by atoms with Gasteiger partial charge in [0.05, 0.1) is 11.0 Å². The molecule has 0 fully saturated rings. The van der Waals surface area contributed by atoms with Gasteiger partial charge in [-0.25, -0.2) is 0 Å². The molecule has 0 atom stereocenters. The lowest BCUT2D eigenvalue weighted by Crippen LogP contribution is -2.38. The minimum absolute atomic E-state index is 0.0374. The van der Waals surface area contributed by atoms with Crippen LogP contribution in [-0.4, -0.2) is 10.7 Å². The molecule has 22 heavy (non-hydrogen) atoms. The second kappa shape index (κ2) is 5.73. The number of Topliss-reactive ketones (excluding diaryl/α,β-unsaturated/α-hetero) is 1. The van der Waals surface area contributed by atoms with Crippen LogP contribution in [0.1, 0.15) is 10.4 Å². The Morgan fingerprint density at radius 1 is 1.00 bits per heavy atom. The number of aromatic nitrogens is 1. The molecule has 1 aromatic heterocycles. The van der Waals surface area contributed by atoms with Gasteiger partial charge in [-0.1, -0.05) is 42.5 Å². The van der Waals surface area contributed by atoms with E-state index in [1.54, 1.807) is 47.2 Å². The number of carbonyl (C=O) groups is 1. The lowest BCUT2D eigenvalue weighted by molar-refractivity contribution is -0.657. The molecule has 0 spiro atoms. The van der Waals surface area contributed by atoms with Crippen molar-refractivity contribution in [2.75, 3.05) is 0 Å². The van der Waals surface area contributed by atoms with E-state index < -0.39 is 4.92 Å². The number of nitrogens with zero attached hydrogens (tertiary/aromatic N) is 2. The summed E-state index contributed by atoms with van der Waals surface area (Å²) >= 11 is 0. The highest BCUT2D eigenvalue weighted by atomic mass is 16.6. The molecule has 108 valence electrons. The number of pyridine rings is 1. The van der Waals surface area contributed by atoms with E-state index in [4.69, 9.17) is 0 Å². The van der Waals surface area contributed by atoms with E-state index in [2.05, 4.69) is 0 Å². The van der Waals surface area contributed by atoms with Gasteiger partial charge in [0.15, 0.2) is 6.20 Å². The molecule has 0 aliphatic carbocycles. The Hall–Kier alpha value is -3.08. The number of rotatable bonds is 4. The third-order valence-electron chi connectivity index (χ3n) is 3.51. The normalized spacial score (nSPS) is 10.5. The van der Waals surface area contributed by atoms with Crippen molar-refractivity contribution in [2.24, 2.45) is 0 Å². The third-order valence-corrected chi connectivity index (χ3v) is 3.51. The fourth-order valence-corrected chi connectivity index (χ4v) is 2.44. The van der Waals surface area contributed by atoms with Gasteiger partial charge in [0.25, 0.3) is 5.69 Å². The van der Waals surface area contributed by atoms with Crippen LogP contribution in [-0.2, 0) is 6.54 Å². The Morgan fingerprint density at radius 2 is 1.68 bits per heavy atom. The highest BCUT2D eigenvalue weighted by Gasteiger charge is 2.21.